The number of oxime groups is 1. The maximum Gasteiger partial charge on any atom is 0.170 e. The van der Waals surface area contributed by atoms with E-state index in [2.05, 4.69) is 15.4 Å². The van der Waals surface area contributed by atoms with Crippen molar-refractivity contribution in [2.75, 3.05) is 39.4 Å². The van der Waals surface area contributed by atoms with Crippen molar-refractivity contribution in [2.45, 2.75) is 6.54 Å². The van der Waals surface area contributed by atoms with Crippen LogP contribution in [0.4, 0.5) is 0 Å². The number of ether oxygens (including phenoxy) is 1. The van der Waals surface area contributed by atoms with Gasteiger partial charge in [0.1, 0.15) is 0 Å². The van der Waals surface area contributed by atoms with Crippen molar-refractivity contribution in [1.82, 2.24) is 10.2 Å². The lowest BCUT2D eigenvalue weighted by Gasteiger charge is -2.26. The van der Waals surface area contributed by atoms with E-state index in [1.165, 1.54) is 0 Å². The van der Waals surface area contributed by atoms with E-state index in [0.717, 1.165) is 57.1 Å². The molecule has 0 spiro atoms. The van der Waals surface area contributed by atoms with Crippen LogP contribution >= 0.6 is 0 Å². The third-order valence-corrected chi connectivity index (χ3v) is 3.37. The Bertz CT molecular complexity index is 445. The average Bonchev–Trinajstić information content (AvgIpc) is 2.52. The molecule has 110 valence electrons. The highest BCUT2D eigenvalue weighted by Gasteiger charge is 2.09. The summed E-state index contributed by atoms with van der Waals surface area (Å²) in [4.78, 5) is 2.39. The van der Waals surface area contributed by atoms with Gasteiger partial charge in [-0.1, -0.05) is 23.4 Å². The van der Waals surface area contributed by atoms with Gasteiger partial charge in [-0.25, -0.2) is 0 Å². The van der Waals surface area contributed by atoms with Crippen LogP contribution in [0.1, 0.15) is 11.1 Å². The van der Waals surface area contributed by atoms with E-state index >= 15 is 0 Å². The average molecular weight is 278 g/mol. The topological polar surface area (TPSA) is 83.1 Å². The number of morpholine rings is 1. The van der Waals surface area contributed by atoms with Crippen molar-refractivity contribution in [3.05, 3.63) is 35.4 Å². The zero-order valence-corrected chi connectivity index (χ0v) is 11.6. The number of benzene rings is 1. The molecule has 6 nitrogen and oxygen atoms in total. The fourth-order valence-corrected chi connectivity index (χ4v) is 2.19. The third-order valence-electron chi connectivity index (χ3n) is 3.37. The van der Waals surface area contributed by atoms with E-state index in [-0.39, 0.29) is 5.84 Å². The first-order valence-corrected chi connectivity index (χ1v) is 6.87. The van der Waals surface area contributed by atoms with Gasteiger partial charge in [0, 0.05) is 38.3 Å². The lowest BCUT2D eigenvalue weighted by atomic mass is 10.1. The second-order valence-electron chi connectivity index (χ2n) is 4.82. The van der Waals surface area contributed by atoms with E-state index in [4.69, 9.17) is 15.7 Å². The molecule has 0 aromatic heterocycles. The molecule has 1 saturated heterocycles. The predicted molar refractivity (Wildman–Crippen MR) is 77.9 cm³/mol. The summed E-state index contributed by atoms with van der Waals surface area (Å²) >= 11 is 0. The summed E-state index contributed by atoms with van der Waals surface area (Å²) in [6.45, 7) is 6.44. The minimum Gasteiger partial charge on any atom is -0.409 e. The second kappa shape index (κ2) is 7.84. The Morgan fingerprint density at radius 3 is 2.95 bits per heavy atom. The van der Waals surface area contributed by atoms with E-state index < -0.39 is 0 Å². The molecule has 6 heteroatoms. The number of nitrogens with one attached hydrogen (secondary N) is 1. The van der Waals surface area contributed by atoms with Crippen molar-refractivity contribution in [2.24, 2.45) is 10.9 Å². The van der Waals surface area contributed by atoms with Gasteiger partial charge in [0.2, 0.25) is 0 Å². The third kappa shape index (κ3) is 4.48. The molecule has 1 aromatic carbocycles. The van der Waals surface area contributed by atoms with E-state index in [1.54, 1.807) is 0 Å². The minimum atomic E-state index is 0.139. The number of amidine groups is 1. The molecular weight excluding hydrogens is 256 g/mol. The molecular formula is C14H22N4O2. The first-order valence-electron chi connectivity index (χ1n) is 6.87. The van der Waals surface area contributed by atoms with Gasteiger partial charge in [-0.15, -0.1) is 0 Å². The summed E-state index contributed by atoms with van der Waals surface area (Å²) < 4.78 is 5.32. The Balaban J connectivity index is 1.73. The van der Waals surface area contributed by atoms with Crippen LogP contribution in [-0.2, 0) is 11.3 Å². The Morgan fingerprint density at radius 1 is 1.40 bits per heavy atom. The maximum absolute atomic E-state index is 8.67. The van der Waals surface area contributed by atoms with E-state index in [1.807, 2.05) is 24.3 Å². The summed E-state index contributed by atoms with van der Waals surface area (Å²) in [6, 6.07) is 7.69. The van der Waals surface area contributed by atoms with Crippen molar-refractivity contribution in [1.29, 1.82) is 0 Å². The second-order valence-corrected chi connectivity index (χ2v) is 4.82. The van der Waals surface area contributed by atoms with Crippen LogP contribution in [0.3, 0.4) is 0 Å². The smallest absolute Gasteiger partial charge is 0.170 e. The molecule has 0 bridgehead atoms. The Kier molecular flexibility index (Phi) is 5.79. The molecule has 4 N–H and O–H groups in total. The van der Waals surface area contributed by atoms with Crippen LogP contribution in [0.25, 0.3) is 0 Å². The molecule has 0 saturated carbocycles. The highest BCUT2D eigenvalue weighted by atomic mass is 16.5. The lowest BCUT2D eigenvalue weighted by Crippen LogP contribution is -2.40. The Labute approximate surface area is 119 Å². The monoisotopic (exact) mass is 278 g/mol. The SMILES string of the molecule is NC(=NO)c1cccc(CNCCN2CCOCC2)c1. The van der Waals surface area contributed by atoms with Gasteiger partial charge in [0.25, 0.3) is 0 Å². The fraction of sp³-hybridized carbons (Fsp3) is 0.500. The van der Waals surface area contributed by atoms with Gasteiger partial charge in [-0.05, 0) is 11.6 Å². The van der Waals surface area contributed by atoms with Crippen molar-refractivity contribution in [3.8, 4) is 0 Å². The van der Waals surface area contributed by atoms with Crippen LogP contribution in [0, 0.1) is 0 Å². The van der Waals surface area contributed by atoms with Crippen molar-refractivity contribution < 1.29 is 9.94 Å². The fourth-order valence-electron chi connectivity index (χ4n) is 2.19. The number of hydrogen-bond donors (Lipinski definition) is 3. The zero-order chi connectivity index (χ0) is 14.2. The van der Waals surface area contributed by atoms with Crippen molar-refractivity contribution in [3.63, 3.8) is 0 Å². The highest BCUT2D eigenvalue weighted by molar-refractivity contribution is 5.97. The zero-order valence-electron chi connectivity index (χ0n) is 11.6. The molecule has 1 fully saturated rings. The molecule has 2 rings (SSSR count). The van der Waals surface area contributed by atoms with Gasteiger partial charge in [-0.2, -0.15) is 0 Å². The summed E-state index contributed by atoms with van der Waals surface area (Å²) in [5.74, 6) is 0.139. The lowest BCUT2D eigenvalue weighted by molar-refractivity contribution is 0.0384. The first-order chi connectivity index (χ1) is 9.79. The molecule has 1 heterocycles. The molecule has 0 amide bonds. The van der Waals surface area contributed by atoms with E-state index in [9.17, 15) is 0 Å². The molecule has 1 aliphatic heterocycles. The molecule has 0 unspecified atom stereocenters. The van der Waals surface area contributed by atoms with Crippen LogP contribution in [0.5, 0.6) is 0 Å². The van der Waals surface area contributed by atoms with Crippen LogP contribution in [0.2, 0.25) is 0 Å². The quantitative estimate of drug-likeness (QED) is 0.228. The Hall–Kier alpha value is -1.63. The minimum absolute atomic E-state index is 0.139. The van der Waals surface area contributed by atoms with Gasteiger partial charge >= 0.3 is 0 Å². The summed E-state index contributed by atoms with van der Waals surface area (Å²) in [7, 11) is 0. The maximum atomic E-state index is 8.67. The standard InChI is InChI=1S/C14H22N4O2/c15-14(17-19)13-3-1-2-12(10-13)11-16-4-5-18-6-8-20-9-7-18/h1-3,10,16,19H,4-9,11H2,(H2,15,17). The highest BCUT2D eigenvalue weighted by Crippen LogP contribution is 2.05. The molecule has 0 atom stereocenters. The summed E-state index contributed by atoms with van der Waals surface area (Å²) in [5.41, 5.74) is 7.43. The number of nitrogens with zero attached hydrogens (tertiary/aromatic N) is 2. The van der Waals surface area contributed by atoms with Gasteiger partial charge < -0.3 is 21.0 Å². The summed E-state index contributed by atoms with van der Waals surface area (Å²) in [6.07, 6.45) is 0. The normalized spacial score (nSPS) is 17.3. The molecule has 20 heavy (non-hydrogen) atoms. The number of rotatable bonds is 6. The first kappa shape index (κ1) is 14.8. The van der Waals surface area contributed by atoms with Gasteiger partial charge in [-0.3, -0.25) is 4.90 Å². The summed E-state index contributed by atoms with van der Waals surface area (Å²) in [5, 5.41) is 15.1. The molecule has 0 radical (unpaired) electrons. The van der Waals surface area contributed by atoms with Gasteiger partial charge in [0.05, 0.1) is 13.2 Å². The molecule has 1 aliphatic rings. The van der Waals surface area contributed by atoms with Crippen LogP contribution in [-0.4, -0.2) is 55.3 Å². The number of hydrogen-bond acceptors (Lipinski definition) is 5. The largest absolute Gasteiger partial charge is 0.409 e. The van der Waals surface area contributed by atoms with Crippen LogP contribution in [0.15, 0.2) is 29.4 Å². The number of nitrogens with two attached hydrogens (primary N) is 1. The molecule has 0 aliphatic carbocycles. The van der Waals surface area contributed by atoms with E-state index in [0.29, 0.717) is 0 Å². The predicted octanol–water partition coefficient (Wildman–Crippen LogP) is 0.203. The van der Waals surface area contributed by atoms with Crippen molar-refractivity contribution >= 4 is 5.84 Å². The van der Waals surface area contributed by atoms with Gasteiger partial charge in [0.15, 0.2) is 5.84 Å². The molecule has 1 aromatic rings. The Morgan fingerprint density at radius 2 is 2.20 bits per heavy atom. The van der Waals surface area contributed by atoms with Crippen LogP contribution < -0.4 is 11.1 Å².